The summed E-state index contributed by atoms with van der Waals surface area (Å²) >= 11 is 1.77. The van der Waals surface area contributed by atoms with Gasteiger partial charge in [-0.15, -0.1) is 11.3 Å². The van der Waals surface area contributed by atoms with Crippen LogP contribution in [0.2, 0.25) is 0 Å². The number of hydrogen-bond acceptors (Lipinski definition) is 3. The van der Waals surface area contributed by atoms with Crippen molar-refractivity contribution in [1.82, 2.24) is 5.32 Å². The number of likely N-dealkylation sites (N-methyl/N-ethyl adjacent to an activating group) is 1. The third-order valence-electron chi connectivity index (χ3n) is 1.51. The second kappa shape index (κ2) is 4.49. The average molecular weight is 170 g/mol. The van der Waals surface area contributed by atoms with Gasteiger partial charge in [-0.2, -0.15) is 0 Å². The minimum Gasteiger partial charge on any atom is -0.326 e. The van der Waals surface area contributed by atoms with Crippen molar-refractivity contribution in [3.8, 4) is 0 Å². The van der Waals surface area contributed by atoms with Crippen LogP contribution in [0.1, 0.15) is 4.88 Å². The molecule has 0 radical (unpaired) electrons. The Morgan fingerprint density at radius 3 is 3.09 bits per heavy atom. The minimum absolute atomic E-state index is 0.249. The van der Waals surface area contributed by atoms with Crippen LogP contribution in [0.3, 0.4) is 0 Å². The van der Waals surface area contributed by atoms with Gasteiger partial charge in [-0.05, 0) is 24.9 Å². The van der Waals surface area contributed by atoms with E-state index in [1.54, 1.807) is 11.3 Å². The maximum atomic E-state index is 5.82. The normalized spacial score (nSPS) is 13.3. The first-order valence-corrected chi connectivity index (χ1v) is 4.63. The van der Waals surface area contributed by atoms with Gasteiger partial charge in [-0.3, -0.25) is 0 Å². The van der Waals surface area contributed by atoms with Gasteiger partial charge in [0, 0.05) is 17.5 Å². The van der Waals surface area contributed by atoms with E-state index in [1.807, 2.05) is 7.05 Å². The van der Waals surface area contributed by atoms with Gasteiger partial charge in [0.05, 0.1) is 0 Å². The van der Waals surface area contributed by atoms with E-state index in [9.17, 15) is 0 Å². The first-order chi connectivity index (χ1) is 5.33. The summed E-state index contributed by atoms with van der Waals surface area (Å²) in [7, 11) is 1.92. The fraction of sp³-hybridized carbons (Fsp3) is 0.500. The molecule has 0 amide bonds. The summed E-state index contributed by atoms with van der Waals surface area (Å²) in [6.45, 7) is 0.887. The van der Waals surface area contributed by atoms with Crippen LogP contribution < -0.4 is 11.1 Å². The summed E-state index contributed by atoms with van der Waals surface area (Å²) in [5.74, 6) is 0. The smallest absolute Gasteiger partial charge is 0.0213 e. The Labute approximate surface area is 71.4 Å². The van der Waals surface area contributed by atoms with E-state index in [0.717, 1.165) is 13.0 Å². The molecule has 1 rings (SSSR count). The van der Waals surface area contributed by atoms with Crippen LogP contribution in [0.4, 0.5) is 0 Å². The van der Waals surface area contributed by atoms with Gasteiger partial charge in [0.25, 0.3) is 0 Å². The third kappa shape index (κ3) is 3.01. The summed E-state index contributed by atoms with van der Waals surface area (Å²) < 4.78 is 0. The molecule has 0 aliphatic heterocycles. The van der Waals surface area contributed by atoms with Crippen LogP contribution in [0.5, 0.6) is 0 Å². The van der Waals surface area contributed by atoms with E-state index >= 15 is 0 Å². The van der Waals surface area contributed by atoms with Gasteiger partial charge in [0.15, 0.2) is 0 Å². The lowest BCUT2D eigenvalue weighted by molar-refractivity contribution is 0.620. The van der Waals surface area contributed by atoms with Crippen molar-refractivity contribution in [3.63, 3.8) is 0 Å². The zero-order valence-corrected chi connectivity index (χ0v) is 7.53. The second-order valence-corrected chi connectivity index (χ2v) is 3.63. The number of rotatable bonds is 4. The lowest BCUT2D eigenvalue weighted by atomic mass is 10.2. The lowest BCUT2D eigenvalue weighted by Gasteiger charge is -2.08. The Balaban J connectivity index is 2.31. The molecule has 0 fully saturated rings. The molecule has 62 valence electrons. The highest BCUT2D eigenvalue weighted by molar-refractivity contribution is 7.09. The fourth-order valence-corrected chi connectivity index (χ4v) is 1.82. The van der Waals surface area contributed by atoms with E-state index in [1.165, 1.54) is 4.88 Å². The van der Waals surface area contributed by atoms with Crippen LogP contribution in [-0.2, 0) is 6.42 Å². The predicted octanol–water partition coefficient (Wildman–Crippen LogP) is 0.837. The Bertz CT molecular complexity index is 184. The largest absolute Gasteiger partial charge is 0.326 e. The summed E-state index contributed by atoms with van der Waals surface area (Å²) in [5.41, 5.74) is 5.82. The van der Waals surface area contributed by atoms with Crippen molar-refractivity contribution in [2.24, 2.45) is 5.73 Å². The summed E-state index contributed by atoms with van der Waals surface area (Å²) in [6, 6.07) is 4.44. The number of nitrogens with one attached hydrogen (secondary N) is 1. The molecule has 1 aromatic rings. The monoisotopic (exact) mass is 170 g/mol. The molecular weight excluding hydrogens is 156 g/mol. The van der Waals surface area contributed by atoms with E-state index < -0.39 is 0 Å². The van der Waals surface area contributed by atoms with Crippen molar-refractivity contribution in [2.75, 3.05) is 13.6 Å². The minimum atomic E-state index is 0.249. The Morgan fingerprint density at radius 1 is 1.73 bits per heavy atom. The first kappa shape index (κ1) is 8.71. The van der Waals surface area contributed by atoms with E-state index in [-0.39, 0.29) is 6.04 Å². The quantitative estimate of drug-likeness (QED) is 0.702. The molecule has 1 atom stereocenters. The molecule has 2 nitrogen and oxygen atoms in total. The molecule has 0 spiro atoms. The topological polar surface area (TPSA) is 38.0 Å². The van der Waals surface area contributed by atoms with Crippen molar-refractivity contribution in [1.29, 1.82) is 0 Å². The summed E-state index contributed by atoms with van der Waals surface area (Å²) in [5, 5.41) is 5.14. The first-order valence-electron chi connectivity index (χ1n) is 3.75. The van der Waals surface area contributed by atoms with Gasteiger partial charge in [0.2, 0.25) is 0 Å². The maximum absolute atomic E-state index is 5.82. The molecule has 0 saturated heterocycles. The third-order valence-corrected chi connectivity index (χ3v) is 2.41. The van der Waals surface area contributed by atoms with Gasteiger partial charge < -0.3 is 11.1 Å². The molecule has 11 heavy (non-hydrogen) atoms. The van der Waals surface area contributed by atoms with Crippen LogP contribution in [0, 0.1) is 0 Å². The molecule has 1 aromatic heterocycles. The van der Waals surface area contributed by atoms with Crippen molar-refractivity contribution < 1.29 is 0 Å². The highest BCUT2D eigenvalue weighted by atomic mass is 32.1. The number of hydrogen-bond donors (Lipinski definition) is 2. The van der Waals surface area contributed by atoms with Crippen molar-refractivity contribution in [2.45, 2.75) is 12.5 Å². The average Bonchev–Trinajstić information content (AvgIpc) is 2.40. The highest BCUT2D eigenvalue weighted by Crippen LogP contribution is 2.09. The van der Waals surface area contributed by atoms with E-state index in [2.05, 4.69) is 22.8 Å². The molecule has 3 N–H and O–H groups in total. The second-order valence-electron chi connectivity index (χ2n) is 2.60. The number of thiophene rings is 1. The molecule has 1 unspecified atom stereocenters. The Kier molecular flexibility index (Phi) is 3.56. The van der Waals surface area contributed by atoms with Crippen LogP contribution in [-0.4, -0.2) is 19.6 Å². The van der Waals surface area contributed by atoms with Crippen LogP contribution in [0.25, 0.3) is 0 Å². The molecule has 0 saturated carbocycles. The zero-order valence-electron chi connectivity index (χ0n) is 6.71. The molecule has 0 bridgehead atoms. The highest BCUT2D eigenvalue weighted by Gasteiger charge is 2.02. The summed E-state index contributed by atoms with van der Waals surface area (Å²) in [6.07, 6.45) is 0.985. The Hall–Kier alpha value is -0.380. The van der Waals surface area contributed by atoms with E-state index in [4.69, 9.17) is 5.73 Å². The Morgan fingerprint density at radius 2 is 2.55 bits per heavy atom. The van der Waals surface area contributed by atoms with Crippen molar-refractivity contribution >= 4 is 11.3 Å². The molecule has 3 heteroatoms. The molecule has 0 aromatic carbocycles. The molecule has 0 aliphatic rings. The maximum Gasteiger partial charge on any atom is 0.0213 e. The van der Waals surface area contributed by atoms with Crippen LogP contribution >= 0.6 is 11.3 Å². The van der Waals surface area contributed by atoms with Gasteiger partial charge >= 0.3 is 0 Å². The van der Waals surface area contributed by atoms with Gasteiger partial charge in [-0.25, -0.2) is 0 Å². The number of nitrogens with two attached hydrogens (primary N) is 1. The molecular formula is C8H14N2S. The van der Waals surface area contributed by atoms with Crippen molar-refractivity contribution in [3.05, 3.63) is 22.4 Å². The summed E-state index contributed by atoms with van der Waals surface area (Å²) in [4.78, 5) is 1.37. The van der Waals surface area contributed by atoms with Gasteiger partial charge in [-0.1, -0.05) is 6.07 Å². The standard InChI is InChI=1S/C8H14N2S/c1-10-6-7(9)5-8-3-2-4-11-8/h2-4,7,10H,5-6,9H2,1H3. The molecule has 0 aliphatic carbocycles. The van der Waals surface area contributed by atoms with Gasteiger partial charge in [0.1, 0.15) is 0 Å². The zero-order chi connectivity index (χ0) is 8.10. The van der Waals surface area contributed by atoms with Crippen LogP contribution in [0.15, 0.2) is 17.5 Å². The van der Waals surface area contributed by atoms with E-state index in [0.29, 0.717) is 0 Å². The SMILES string of the molecule is CNCC(N)Cc1cccs1. The lowest BCUT2D eigenvalue weighted by Crippen LogP contribution is -2.33. The molecule has 1 heterocycles. The fourth-order valence-electron chi connectivity index (χ4n) is 1.02. The predicted molar refractivity (Wildman–Crippen MR) is 49.9 cm³/mol.